The van der Waals surface area contributed by atoms with Crippen LogP contribution in [0.5, 0.6) is 0 Å². The van der Waals surface area contributed by atoms with Crippen molar-refractivity contribution >= 4 is 11.9 Å². The van der Waals surface area contributed by atoms with Crippen LogP contribution in [-0.4, -0.2) is 40.5 Å². The quantitative estimate of drug-likeness (QED) is 0.584. The molecule has 2 atom stereocenters. The third-order valence-electron chi connectivity index (χ3n) is 2.08. The van der Waals surface area contributed by atoms with Gasteiger partial charge in [0.05, 0.1) is 18.5 Å². The lowest BCUT2D eigenvalue weighted by Crippen LogP contribution is -2.46. The third kappa shape index (κ3) is 2.54. The number of carbonyl (C=O) groups excluding carboxylic acids is 1. The van der Waals surface area contributed by atoms with Gasteiger partial charge in [-0.3, -0.25) is 9.59 Å². The Kier molecular flexibility index (Phi) is 3.42. The average molecular weight is 209 g/mol. The highest BCUT2D eigenvalue weighted by molar-refractivity contribution is 5.87. The predicted octanol–water partition coefficient (Wildman–Crippen LogP) is -0.921. The average Bonchev–Trinajstić information content (AvgIpc) is 2.62. The lowest BCUT2D eigenvalue weighted by Gasteiger charge is -2.22. The zero-order valence-corrected chi connectivity index (χ0v) is 7.96. The number of hydrogen-bond acceptors (Lipinski definition) is 4. The summed E-state index contributed by atoms with van der Waals surface area (Å²) in [4.78, 5) is 23.2. The number of aliphatic carboxylic acids is 1. The number of nitrogens with zero attached hydrogens (tertiary/aromatic N) is 2. The van der Waals surface area contributed by atoms with Crippen molar-refractivity contribution in [1.29, 1.82) is 5.26 Å². The normalized spacial score (nSPS) is 21.1. The van der Waals surface area contributed by atoms with E-state index in [2.05, 4.69) is 0 Å². The van der Waals surface area contributed by atoms with Gasteiger partial charge >= 0.3 is 5.97 Å². The number of rotatable bonds is 3. The van der Waals surface area contributed by atoms with Crippen molar-refractivity contribution in [3.05, 3.63) is 12.2 Å². The van der Waals surface area contributed by atoms with E-state index in [1.165, 1.54) is 4.90 Å². The van der Waals surface area contributed by atoms with Crippen molar-refractivity contribution in [2.75, 3.05) is 6.54 Å². The Morgan fingerprint density at radius 2 is 2.40 bits per heavy atom. The Balaban J connectivity index is 2.61. The van der Waals surface area contributed by atoms with Crippen molar-refractivity contribution in [2.24, 2.45) is 5.73 Å². The molecule has 0 aliphatic carbocycles. The molecule has 0 spiro atoms. The summed E-state index contributed by atoms with van der Waals surface area (Å²) in [6.07, 6.45) is 2.85. The summed E-state index contributed by atoms with van der Waals surface area (Å²) in [6, 6.07) is 0.206. The molecule has 1 aliphatic rings. The first-order valence-electron chi connectivity index (χ1n) is 4.40. The maximum atomic E-state index is 11.6. The fourth-order valence-electron chi connectivity index (χ4n) is 1.35. The summed E-state index contributed by atoms with van der Waals surface area (Å²) in [6.45, 7) is 0.310. The van der Waals surface area contributed by atoms with Gasteiger partial charge in [0.1, 0.15) is 6.04 Å². The fraction of sp³-hybridized carbons (Fsp3) is 0.444. The minimum atomic E-state index is -1.13. The SMILES string of the molecule is N#CC1C=CCN1C(=O)C(N)CC(=O)O. The number of carboxylic acid groups (broad SMARTS) is 1. The Labute approximate surface area is 86.6 Å². The van der Waals surface area contributed by atoms with Crippen LogP contribution in [0, 0.1) is 11.3 Å². The van der Waals surface area contributed by atoms with Crippen LogP contribution in [0.15, 0.2) is 12.2 Å². The molecule has 2 unspecified atom stereocenters. The van der Waals surface area contributed by atoms with Gasteiger partial charge in [-0.05, 0) is 6.08 Å². The van der Waals surface area contributed by atoms with E-state index in [0.29, 0.717) is 6.54 Å². The highest BCUT2D eigenvalue weighted by atomic mass is 16.4. The maximum absolute atomic E-state index is 11.6. The minimum absolute atomic E-state index is 0.310. The molecule has 0 radical (unpaired) electrons. The van der Waals surface area contributed by atoms with E-state index in [4.69, 9.17) is 16.1 Å². The molecule has 0 bridgehead atoms. The van der Waals surface area contributed by atoms with Crippen LogP contribution in [0.2, 0.25) is 0 Å². The molecular formula is C9H11N3O3. The van der Waals surface area contributed by atoms with Gasteiger partial charge in [-0.1, -0.05) is 6.08 Å². The number of nitriles is 1. The van der Waals surface area contributed by atoms with Crippen LogP contribution in [0.4, 0.5) is 0 Å². The fourth-order valence-corrected chi connectivity index (χ4v) is 1.35. The van der Waals surface area contributed by atoms with E-state index in [-0.39, 0.29) is 0 Å². The van der Waals surface area contributed by atoms with Crippen LogP contribution >= 0.6 is 0 Å². The molecule has 0 saturated heterocycles. The summed E-state index contributed by atoms with van der Waals surface area (Å²) in [5.41, 5.74) is 5.41. The molecule has 6 heteroatoms. The van der Waals surface area contributed by atoms with Crippen LogP contribution < -0.4 is 5.73 Å². The number of hydrogen-bond donors (Lipinski definition) is 2. The molecule has 0 fully saturated rings. The van der Waals surface area contributed by atoms with Crippen LogP contribution in [0.3, 0.4) is 0 Å². The molecule has 15 heavy (non-hydrogen) atoms. The van der Waals surface area contributed by atoms with E-state index < -0.39 is 30.4 Å². The molecule has 1 amide bonds. The lowest BCUT2D eigenvalue weighted by molar-refractivity contribution is -0.141. The number of nitrogens with two attached hydrogens (primary N) is 1. The van der Waals surface area contributed by atoms with E-state index >= 15 is 0 Å². The molecule has 1 aliphatic heterocycles. The summed E-state index contributed by atoms with van der Waals surface area (Å²) in [7, 11) is 0. The standard InChI is InChI=1S/C9H11N3O3/c10-5-6-2-1-3-12(6)9(15)7(11)4-8(13)14/h1-2,6-7H,3-4,11H2,(H,13,14). The lowest BCUT2D eigenvalue weighted by atomic mass is 10.2. The number of carbonyl (C=O) groups is 2. The van der Waals surface area contributed by atoms with Gasteiger partial charge in [-0.2, -0.15) is 5.26 Å². The van der Waals surface area contributed by atoms with E-state index in [1.54, 1.807) is 12.2 Å². The third-order valence-corrected chi connectivity index (χ3v) is 2.08. The number of amides is 1. The smallest absolute Gasteiger partial charge is 0.305 e. The van der Waals surface area contributed by atoms with Crippen LogP contribution in [0.1, 0.15) is 6.42 Å². The second-order valence-corrected chi connectivity index (χ2v) is 3.20. The minimum Gasteiger partial charge on any atom is -0.481 e. The second-order valence-electron chi connectivity index (χ2n) is 3.20. The first-order chi connectivity index (χ1) is 7.06. The van der Waals surface area contributed by atoms with Crippen molar-refractivity contribution in [3.8, 4) is 6.07 Å². The van der Waals surface area contributed by atoms with Crippen molar-refractivity contribution < 1.29 is 14.7 Å². The van der Waals surface area contributed by atoms with Crippen molar-refractivity contribution in [2.45, 2.75) is 18.5 Å². The van der Waals surface area contributed by atoms with E-state index in [0.717, 1.165) is 0 Å². The molecular weight excluding hydrogens is 198 g/mol. The second kappa shape index (κ2) is 4.57. The van der Waals surface area contributed by atoms with Gasteiger partial charge in [-0.25, -0.2) is 0 Å². The zero-order chi connectivity index (χ0) is 11.4. The Morgan fingerprint density at radius 1 is 1.73 bits per heavy atom. The molecule has 1 rings (SSSR count). The first-order valence-corrected chi connectivity index (χ1v) is 4.40. The molecule has 0 saturated carbocycles. The topological polar surface area (TPSA) is 107 Å². The monoisotopic (exact) mass is 209 g/mol. The Hall–Kier alpha value is -1.87. The summed E-state index contributed by atoms with van der Waals surface area (Å²) < 4.78 is 0. The molecule has 3 N–H and O–H groups in total. The van der Waals surface area contributed by atoms with Crippen molar-refractivity contribution in [1.82, 2.24) is 4.90 Å². The summed E-state index contributed by atoms with van der Waals surface area (Å²) >= 11 is 0. The highest BCUT2D eigenvalue weighted by Gasteiger charge is 2.29. The van der Waals surface area contributed by atoms with Gasteiger partial charge < -0.3 is 15.7 Å². The highest BCUT2D eigenvalue weighted by Crippen LogP contribution is 2.10. The van der Waals surface area contributed by atoms with E-state index in [9.17, 15) is 9.59 Å². The van der Waals surface area contributed by atoms with Gasteiger partial charge in [0.15, 0.2) is 0 Å². The summed E-state index contributed by atoms with van der Waals surface area (Å²) in [5.74, 6) is -1.63. The Bertz CT molecular complexity index is 345. The molecule has 0 aromatic heterocycles. The predicted molar refractivity (Wildman–Crippen MR) is 50.5 cm³/mol. The van der Waals surface area contributed by atoms with Crippen LogP contribution in [-0.2, 0) is 9.59 Å². The first kappa shape index (κ1) is 11.2. The molecule has 6 nitrogen and oxygen atoms in total. The zero-order valence-electron chi connectivity index (χ0n) is 7.96. The van der Waals surface area contributed by atoms with Gasteiger partial charge in [0, 0.05) is 6.54 Å². The maximum Gasteiger partial charge on any atom is 0.305 e. The van der Waals surface area contributed by atoms with Gasteiger partial charge in [0.2, 0.25) is 5.91 Å². The summed E-state index contributed by atoms with van der Waals surface area (Å²) in [5, 5.41) is 17.2. The largest absolute Gasteiger partial charge is 0.481 e. The molecule has 80 valence electrons. The van der Waals surface area contributed by atoms with E-state index in [1.807, 2.05) is 6.07 Å². The van der Waals surface area contributed by atoms with Gasteiger partial charge in [-0.15, -0.1) is 0 Å². The molecule has 0 aromatic rings. The van der Waals surface area contributed by atoms with Crippen molar-refractivity contribution in [3.63, 3.8) is 0 Å². The number of carboxylic acids is 1. The molecule has 1 heterocycles. The molecule has 0 aromatic carbocycles. The van der Waals surface area contributed by atoms with Gasteiger partial charge in [0.25, 0.3) is 0 Å². The van der Waals surface area contributed by atoms with Crippen LogP contribution in [0.25, 0.3) is 0 Å². The Morgan fingerprint density at radius 3 is 2.93 bits per heavy atom.